The zero-order chi connectivity index (χ0) is 22.3. The Balaban J connectivity index is 1.48. The number of anilines is 2. The average molecular weight is 448 g/mol. The van der Waals surface area contributed by atoms with Gasteiger partial charge in [0.25, 0.3) is 0 Å². The second-order valence-electron chi connectivity index (χ2n) is 8.03. The molecule has 0 aliphatic heterocycles. The van der Waals surface area contributed by atoms with Crippen molar-refractivity contribution < 1.29 is 17.6 Å². The molecular weight excluding hydrogens is 417 g/mol. The van der Waals surface area contributed by atoms with Gasteiger partial charge in [-0.2, -0.15) is 0 Å². The van der Waals surface area contributed by atoms with Crippen molar-refractivity contribution in [3.8, 4) is 0 Å². The number of benzene rings is 2. The third-order valence-electron chi connectivity index (χ3n) is 5.64. The summed E-state index contributed by atoms with van der Waals surface area (Å²) in [7, 11) is -1.44. The van der Waals surface area contributed by atoms with Crippen molar-refractivity contribution in [3.05, 3.63) is 59.9 Å². The zero-order valence-corrected chi connectivity index (χ0v) is 18.6. The van der Waals surface area contributed by atoms with Crippen LogP contribution in [-0.4, -0.2) is 39.8 Å². The molecule has 0 saturated heterocycles. The van der Waals surface area contributed by atoms with Gasteiger partial charge in [-0.15, -0.1) is 0 Å². The minimum atomic E-state index is -3.34. The van der Waals surface area contributed by atoms with Crippen LogP contribution in [0.2, 0.25) is 0 Å². The maximum atomic E-state index is 14.6. The molecule has 1 aliphatic carbocycles. The maximum absolute atomic E-state index is 14.6. The van der Waals surface area contributed by atoms with E-state index in [1.807, 2.05) is 18.0 Å². The summed E-state index contributed by atoms with van der Waals surface area (Å²) in [6.45, 7) is -0.0218. The van der Waals surface area contributed by atoms with Gasteiger partial charge in [0, 0.05) is 25.3 Å². The number of sulfone groups is 1. The number of carbonyl (C=O) groups is 1. The highest BCUT2D eigenvalue weighted by Crippen LogP contribution is 2.29. The second-order valence-corrected chi connectivity index (χ2v) is 10.2. The van der Waals surface area contributed by atoms with Gasteiger partial charge < -0.3 is 15.5 Å². The average Bonchev–Trinajstić information content (AvgIpc) is 2.74. The summed E-state index contributed by atoms with van der Waals surface area (Å²) in [5.41, 5.74) is 1.55. The van der Waals surface area contributed by atoms with Gasteiger partial charge in [0.15, 0.2) is 9.84 Å². The zero-order valence-electron chi connectivity index (χ0n) is 17.8. The molecule has 2 aromatic rings. The first kappa shape index (κ1) is 23.1. The quantitative estimate of drug-likeness (QED) is 0.631. The Morgan fingerprint density at radius 3 is 2.48 bits per heavy atom. The Labute approximate surface area is 183 Å². The van der Waals surface area contributed by atoms with E-state index in [0.29, 0.717) is 23.0 Å². The van der Waals surface area contributed by atoms with Crippen LogP contribution in [0.25, 0.3) is 0 Å². The Kier molecular flexibility index (Phi) is 7.90. The maximum Gasteiger partial charge on any atom is 0.319 e. The van der Waals surface area contributed by atoms with E-state index in [0.717, 1.165) is 25.7 Å². The predicted molar refractivity (Wildman–Crippen MR) is 123 cm³/mol. The lowest BCUT2D eigenvalue weighted by molar-refractivity contribution is 0.252. The molecule has 1 fully saturated rings. The number of carbonyl (C=O) groups excluding carboxylic acids is 1. The molecule has 0 heterocycles. The normalized spacial score (nSPS) is 14.8. The van der Waals surface area contributed by atoms with Crippen LogP contribution in [0.15, 0.2) is 48.5 Å². The highest BCUT2D eigenvalue weighted by atomic mass is 32.2. The standard InChI is InChI=1S/C23H30FN3O3S/c1-27(20-10-6-3-7-11-20)22-13-12-19(16-21(22)24)26-23(28)25-14-15-31(29,30)17-18-8-4-2-5-9-18/h2,4-5,8-9,12-13,16,20H,3,6-7,10-11,14-15,17H2,1H3,(H2,25,26,28). The van der Waals surface area contributed by atoms with E-state index in [1.54, 1.807) is 36.4 Å². The molecule has 1 saturated carbocycles. The van der Waals surface area contributed by atoms with Gasteiger partial charge >= 0.3 is 6.03 Å². The summed E-state index contributed by atoms with van der Waals surface area (Å²) in [5, 5.41) is 5.08. The van der Waals surface area contributed by atoms with Gasteiger partial charge in [0.1, 0.15) is 5.82 Å². The molecule has 0 bridgehead atoms. The van der Waals surface area contributed by atoms with Gasteiger partial charge in [-0.1, -0.05) is 49.6 Å². The third-order valence-corrected chi connectivity index (χ3v) is 7.24. The molecule has 0 spiro atoms. The number of hydrogen-bond acceptors (Lipinski definition) is 4. The smallest absolute Gasteiger partial charge is 0.319 e. The van der Waals surface area contributed by atoms with Gasteiger partial charge in [0.2, 0.25) is 0 Å². The van der Waals surface area contributed by atoms with Gasteiger partial charge in [0.05, 0.1) is 17.2 Å². The number of urea groups is 1. The van der Waals surface area contributed by atoms with Crippen molar-refractivity contribution in [2.24, 2.45) is 0 Å². The Morgan fingerprint density at radius 1 is 1.10 bits per heavy atom. The van der Waals surface area contributed by atoms with Crippen molar-refractivity contribution >= 4 is 27.2 Å². The molecule has 3 rings (SSSR count). The first-order valence-electron chi connectivity index (χ1n) is 10.7. The van der Waals surface area contributed by atoms with E-state index in [-0.39, 0.29) is 18.1 Å². The van der Waals surface area contributed by atoms with Crippen LogP contribution < -0.4 is 15.5 Å². The molecule has 0 aromatic heterocycles. The van der Waals surface area contributed by atoms with E-state index in [2.05, 4.69) is 10.6 Å². The van der Waals surface area contributed by atoms with Crippen LogP contribution in [0.1, 0.15) is 37.7 Å². The SMILES string of the molecule is CN(c1ccc(NC(=O)NCCS(=O)(=O)Cc2ccccc2)cc1F)C1CCCCC1. The number of hydrogen-bond donors (Lipinski definition) is 2. The van der Waals surface area contributed by atoms with Crippen LogP contribution in [0.5, 0.6) is 0 Å². The lowest BCUT2D eigenvalue weighted by Gasteiger charge is -2.33. The van der Waals surface area contributed by atoms with E-state index >= 15 is 0 Å². The van der Waals surface area contributed by atoms with Gasteiger partial charge in [-0.3, -0.25) is 0 Å². The fourth-order valence-electron chi connectivity index (χ4n) is 3.93. The summed E-state index contributed by atoms with van der Waals surface area (Å²) >= 11 is 0. The Morgan fingerprint density at radius 2 is 1.81 bits per heavy atom. The molecule has 2 amide bonds. The molecule has 168 valence electrons. The van der Waals surface area contributed by atoms with Crippen LogP contribution in [0.3, 0.4) is 0 Å². The summed E-state index contributed by atoms with van der Waals surface area (Å²) in [4.78, 5) is 14.1. The predicted octanol–water partition coefficient (Wildman–Crippen LogP) is 4.33. The fourth-order valence-corrected chi connectivity index (χ4v) is 5.19. The van der Waals surface area contributed by atoms with Gasteiger partial charge in [-0.05, 0) is 36.6 Å². The Hall–Kier alpha value is -2.61. The number of nitrogens with zero attached hydrogens (tertiary/aromatic N) is 1. The molecular formula is C23H30FN3O3S. The van der Waals surface area contributed by atoms with Gasteiger partial charge in [-0.25, -0.2) is 17.6 Å². The lowest BCUT2D eigenvalue weighted by Crippen LogP contribution is -2.34. The molecule has 6 nitrogen and oxygen atoms in total. The first-order valence-corrected chi connectivity index (χ1v) is 12.5. The monoisotopic (exact) mass is 447 g/mol. The van der Waals surface area contributed by atoms with Crippen molar-refractivity contribution in [2.75, 3.05) is 29.6 Å². The minimum absolute atomic E-state index is 0.0218. The highest BCUT2D eigenvalue weighted by molar-refractivity contribution is 7.90. The molecule has 8 heteroatoms. The molecule has 0 unspecified atom stereocenters. The second kappa shape index (κ2) is 10.6. The summed E-state index contributed by atoms with van der Waals surface area (Å²) in [5.74, 6) is -0.635. The molecule has 2 aromatic carbocycles. The molecule has 1 aliphatic rings. The molecule has 2 N–H and O–H groups in total. The van der Waals surface area contributed by atoms with Crippen LogP contribution >= 0.6 is 0 Å². The number of rotatable bonds is 8. The van der Waals surface area contributed by atoms with E-state index in [4.69, 9.17) is 0 Å². The Bertz CT molecular complexity index is 977. The topological polar surface area (TPSA) is 78.5 Å². The molecule has 0 radical (unpaired) electrons. The van der Waals surface area contributed by atoms with Crippen molar-refractivity contribution in [2.45, 2.75) is 43.9 Å². The molecule has 0 atom stereocenters. The third kappa shape index (κ3) is 6.95. The van der Waals surface area contributed by atoms with E-state index < -0.39 is 21.7 Å². The van der Waals surface area contributed by atoms with E-state index in [1.165, 1.54) is 12.5 Å². The van der Waals surface area contributed by atoms with Crippen LogP contribution in [-0.2, 0) is 15.6 Å². The van der Waals surface area contributed by atoms with Crippen LogP contribution in [0.4, 0.5) is 20.6 Å². The summed E-state index contributed by atoms with van der Waals surface area (Å²) in [6.07, 6.45) is 5.68. The number of halogens is 1. The minimum Gasteiger partial charge on any atom is -0.369 e. The summed E-state index contributed by atoms with van der Waals surface area (Å²) in [6, 6.07) is 13.3. The molecule has 31 heavy (non-hydrogen) atoms. The first-order chi connectivity index (χ1) is 14.8. The van der Waals surface area contributed by atoms with Crippen molar-refractivity contribution in [1.82, 2.24) is 5.32 Å². The summed E-state index contributed by atoms with van der Waals surface area (Å²) < 4.78 is 39.0. The largest absolute Gasteiger partial charge is 0.369 e. The number of nitrogens with one attached hydrogen (secondary N) is 2. The highest BCUT2D eigenvalue weighted by Gasteiger charge is 2.21. The van der Waals surface area contributed by atoms with Crippen molar-refractivity contribution in [3.63, 3.8) is 0 Å². The fraction of sp³-hybridized carbons (Fsp3) is 0.435. The van der Waals surface area contributed by atoms with E-state index in [9.17, 15) is 17.6 Å². The number of amides is 2. The van der Waals surface area contributed by atoms with Crippen molar-refractivity contribution in [1.29, 1.82) is 0 Å². The van der Waals surface area contributed by atoms with Crippen LogP contribution in [0, 0.1) is 5.82 Å². The lowest BCUT2D eigenvalue weighted by atomic mass is 9.94.